The van der Waals surface area contributed by atoms with Crippen molar-refractivity contribution >= 4 is 16.9 Å². The molecule has 3 aromatic carbocycles. The molecule has 0 aliphatic rings. The number of unbranched alkanes of at least 4 members (excludes halogenated alkanes) is 4. The number of benzene rings is 3. The number of fused-ring (bicyclic) bond motifs is 1. The van der Waals surface area contributed by atoms with E-state index in [9.17, 15) is 4.79 Å². The van der Waals surface area contributed by atoms with Crippen molar-refractivity contribution in [3.05, 3.63) is 84.6 Å². The molecule has 0 unspecified atom stereocenters. The lowest BCUT2D eigenvalue weighted by atomic mass is 9.98. The topological polar surface area (TPSA) is 42.2 Å². The molecule has 0 saturated carbocycles. The van der Waals surface area contributed by atoms with Crippen LogP contribution in [-0.2, 0) is 0 Å². The van der Waals surface area contributed by atoms with Crippen molar-refractivity contribution < 1.29 is 9.21 Å². The van der Waals surface area contributed by atoms with Gasteiger partial charge in [0, 0.05) is 17.5 Å². The van der Waals surface area contributed by atoms with Gasteiger partial charge in [-0.3, -0.25) is 4.79 Å². The summed E-state index contributed by atoms with van der Waals surface area (Å²) in [5, 5.41) is 4.02. The highest BCUT2D eigenvalue weighted by molar-refractivity contribution is 6.08. The van der Waals surface area contributed by atoms with Crippen molar-refractivity contribution in [1.29, 1.82) is 0 Å². The first-order valence-corrected chi connectivity index (χ1v) is 11.2. The van der Waals surface area contributed by atoms with Crippen molar-refractivity contribution in [2.75, 3.05) is 6.54 Å². The van der Waals surface area contributed by atoms with Gasteiger partial charge in [0.05, 0.1) is 0 Å². The van der Waals surface area contributed by atoms with Crippen LogP contribution in [0.3, 0.4) is 0 Å². The third kappa shape index (κ3) is 4.88. The Bertz CT molecular complexity index is 1130. The molecule has 0 atom stereocenters. The van der Waals surface area contributed by atoms with Crippen molar-refractivity contribution in [3.63, 3.8) is 0 Å². The molecule has 0 aliphatic heterocycles. The quantitative estimate of drug-likeness (QED) is 0.290. The minimum atomic E-state index is -0.146. The third-order valence-corrected chi connectivity index (χ3v) is 5.63. The summed E-state index contributed by atoms with van der Waals surface area (Å²) in [6.45, 7) is 2.88. The monoisotopic (exact) mass is 411 g/mol. The zero-order chi connectivity index (χ0) is 21.5. The van der Waals surface area contributed by atoms with Crippen LogP contribution >= 0.6 is 0 Å². The fourth-order valence-corrected chi connectivity index (χ4v) is 3.97. The molecule has 3 nitrogen and oxygen atoms in total. The Hall–Kier alpha value is -3.33. The first kappa shape index (κ1) is 20.9. The van der Waals surface area contributed by atoms with Gasteiger partial charge in [0.1, 0.15) is 5.58 Å². The number of carbonyl (C=O) groups excluding carboxylic acids is 1. The lowest BCUT2D eigenvalue weighted by Crippen LogP contribution is -2.24. The Kier molecular flexibility index (Phi) is 6.83. The zero-order valence-electron chi connectivity index (χ0n) is 18.1. The molecular weight excluding hydrogens is 382 g/mol. The zero-order valence-corrected chi connectivity index (χ0v) is 18.1. The van der Waals surface area contributed by atoms with E-state index in [1.54, 1.807) is 0 Å². The average molecular weight is 412 g/mol. The molecule has 0 saturated heterocycles. The predicted octanol–water partition coefficient (Wildman–Crippen LogP) is 7.47. The standard InChI is InChI=1S/C28H29NO2/c1-2-3-4-5-12-19-29-28(30)27-26(22-15-10-7-11-16-22)24-20-23(17-18-25(24)31-27)21-13-8-6-9-14-21/h6-11,13-18,20H,2-5,12,19H2,1H3,(H,29,30). The molecule has 31 heavy (non-hydrogen) atoms. The number of rotatable bonds is 9. The maximum atomic E-state index is 13.0. The van der Waals surface area contributed by atoms with E-state index in [4.69, 9.17) is 4.42 Å². The number of hydrogen-bond donors (Lipinski definition) is 1. The Morgan fingerprint density at radius 2 is 1.45 bits per heavy atom. The third-order valence-electron chi connectivity index (χ3n) is 5.63. The second-order valence-corrected chi connectivity index (χ2v) is 7.92. The average Bonchev–Trinajstić information content (AvgIpc) is 3.21. The van der Waals surface area contributed by atoms with Crippen molar-refractivity contribution in [1.82, 2.24) is 5.32 Å². The minimum Gasteiger partial charge on any atom is -0.450 e. The van der Waals surface area contributed by atoms with E-state index in [2.05, 4.69) is 30.4 Å². The van der Waals surface area contributed by atoms with Crippen LogP contribution in [0.15, 0.2) is 83.3 Å². The minimum absolute atomic E-state index is 0.146. The number of hydrogen-bond acceptors (Lipinski definition) is 2. The summed E-state index contributed by atoms with van der Waals surface area (Å²) >= 11 is 0. The summed E-state index contributed by atoms with van der Waals surface area (Å²) in [7, 11) is 0. The number of carbonyl (C=O) groups is 1. The van der Waals surface area contributed by atoms with Crippen LogP contribution in [0.4, 0.5) is 0 Å². The smallest absolute Gasteiger partial charge is 0.287 e. The summed E-state index contributed by atoms with van der Waals surface area (Å²) in [6, 6.07) is 26.4. The molecule has 0 spiro atoms. The van der Waals surface area contributed by atoms with Crippen LogP contribution in [0.1, 0.15) is 49.6 Å². The number of nitrogens with one attached hydrogen (secondary N) is 1. The Morgan fingerprint density at radius 3 is 2.16 bits per heavy atom. The fourth-order valence-electron chi connectivity index (χ4n) is 3.97. The summed E-state index contributed by atoms with van der Waals surface area (Å²) < 4.78 is 6.09. The van der Waals surface area contributed by atoms with Gasteiger partial charge in [-0.15, -0.1) is 0 Å². The maximum Gasteiger partial charge on any atom is 0.287 e. The molecule has 0 aliphatic carbocycles. The van der Waals surface area contributed by atoms with E-state index in [0.717, 1.165) is 46.1 Å². The highest BCUT2D eigenvalue weighted by atomic mass is 16.3. The first-order valence-electron chi connectivity index (χ1n) is 11.2. The van der Waals surface area contributed by atoms with Crippen molar-refractivity contribution in [2.45, 2.75) is 39.0 Å². The molecule has 1 heterocycles. The van der Waals surface area contributed by atoms with E-state index >= 15 is 0 Å². The molecule has 1 N–H and O–H groups in total. The summed E-state index contributed by atoms with van der Waals surface area (Å²) in [5.74, 6) is 0.242. The van der Waals surface area contributed by atoms with Gasteiger partial charge in [0.25, 0.3) is 5.91 Å². The van der Waals surface area contributed by atoms with Crippen LogP contribution in [0.25, 0.3) is 33.2 Å². The largest absolute Gasteiger partial charge is 0.450 e. The van der Waals surface area contributed by atoms with Crippen molar-refractivity contribution in [2.24, 2.45) is 0 Å². The Labute approximate surface area is 184 Å². The van der Waals surface area contributed by atoms with Crippen LogP contribution in [0, 0.1) is 0 Å². The van der Waals surface area contributed by atoms with Gasteiger partial charge in [0.15, 0.2) is 0 Å². The second-order valence-electron chi connectivity index (χ2n) is 7.92. The van der Waals surface area contributed by atoms with Gasteiger partial charge < -0.3 is 9.73 Å². The van der Waals surface area contributed by atoms with E-state index < -0.39 is 0 Å². The van der Waals surface area contributed by atoms with Crippen LogP contribution < -0.4 is 5.32 Å². The molecule has 3 heteroatoms. The highest BCUT2D eigenvalue weighted by Crippen LogP contribution is 2.37. The van der Waals surface area contributed by atoms with Gasteiger partial charge in [-0.2, -0.15) is 0 Å². The summed E-state index contributed by atoms with van der Waals surface area (Å²) in [6.07, 6.45) is 5.82. The first-order chi connectivity index (χ1) is 15.3. The predicted molar refractivity (Wildman–Crippen MR) is 128 cm³/mol. The second kappa shape index (κ2) is 10.1. The number of furan rings is 1. The SMILES string of the molecule is CCCCCCCNC(=O)c1oc2ccc(-c3ccccc3)cc2c1-c1ccccc1. The molecule has 1 aromatic heterocycles. The van der Waals surface area contributed by atoms with Gasteiger partial charge in [-0.25, -0.2) is 0 Å². The molecule has 0 fully saturated rings. The van der Waals surface area contributed by atoms with Gasteiger partial charge in [-0.1, -0.05) is 99.3 Å². The van der Waals surface area contributed by atoms with Crippen LogP contribution in [0.5, 0.6) is 0 Å². The highest BCUT2D eigenvalue weighted by Gasteiger charge is 2.22. The maximum absolute atomic E-state index is 13.0. The van der Waals surface area contributed by atoms with E-state index in [-0.39, 0.29) is 5.91 Å². The van der Waals surface area contributed by atoms with Crippen molar-refractivity contribution in [3.8, 4) is 22.3 Å². The Morgan fingerprint density at radius 1 is 0.774 bits per heavy atom. The van der Waals surface area contributed by atoms with E-state index in [1.807, 2.05) is 60.7 Å². The number of amides is 1. The molecule has 1 amide bonds. The van der Waals surface area contributed by atoms with Crippen LogP contribution in [-0.4, -0.2) is 12.5 Å². The fraction of sp³-hybridized carbons (Fsp3) is 0.250. The molecule has 0 radical (unpaired) electrons. The lowest BCUT2D eigenvalue weighted by molar-refractivity contribution is 0.0928. The van der Waals surface area contributed by atoms with Crippen LogP contribution in [0.2, 0.25) is 0 Å². The molecule has 158 valence electrons. The summed E-state index contributed by atoms with van der Waals surface area (Å²) in [4.78, 5) is 13.0. The van der Waals surface area contributed by atoms with Gasteiger partial charge >= 0.3 is 0 Å². The van der Waals surface area contributed by atoms with Gasteiger partial charge in [0.2, 0.25) is 5.76 Å². The molecule has 0 bridgehead atoms. The molecule has 4 aromatic rings. The molecular formula is C28H29NO2. The normalized spacial score (nSPS) is 11.0. The van der Waals surface area contributed by atoms with E-state index in [1.165, 1.54) is 19.3 Å². The summed E-state index contributed by atoms with van der Waals surface area (Å²) in [5.41, 5.74) is 4.82. The van der Waals surface area contributed by atoms with E-state index in [0.29, 0.717) is 12.3 Å². The lowest BCUT2D eigenvalue weighted by Gasteiger charge is -2.06. The molecule has 4 rings (SSSR count). The Balaban J connectivity index is 1.67. The van der Waals surface area contributed by atoms with Gasteiger partial charge in [-0.05, 0) is 35.2 Å².